The van der Waals surface area contributed by atoms with Crippen LogP contribution in [0.25, 0.3) is 11.2 Å². The number of piperidine rings is 1. The van der Waals surface area contributed by atoms with Gasteiger partial charge in [-0.05, 0) is 18.9 Å². The molecule has 0 radical (unpaired) electrons. The smallest absolute Gasteiger partial charge is 0.256 e. The molecule has 1 aliphatic rings. The van der Waals surface area contributed by atoms with Gasteiger partial charge in [0.15, 0.2) is 5.65 Å². The maximum Gasteiger partial charge on any atom is 0.256 e. The number of nitrogens with one attached hydrogen (secondary N) is 1. The predicted octanol–water partition coefficient (Wildman–Crippen LogP) is 1.53. The van der Waals surface area contributed by atoms with Crippen LogP contribution in [0.15, 0.2) is 18.6 Å². The highest BCUT2D eigenvalue weighted by molar-refractivity contribution is 6.03. The second-order valence-corrected chi connectivity index (χ2v) is 4.45. The first-order valence-electron chi connectivity index (χ1n) is 5.97. The van der Waals surface area contributed by atoms with Crippen molar-refractivity contribution in [3.05, 3.63) is 24.2 Å². The fourth-order valence-corrected chi connectivity index (χ4v) is 2.31. The van der Waals surface area contributed by atoms with Crippen LogP contribution < -0.4 is 0 Å². The Morgan fingerprint density at radius 3 is 3.22 bits per heavy atom. The summed E-state index contributed by atoms with van der Waals surface area (Å²) < 4.78 is 13.3. The second kappa shape index (κ2) is 4.36. The van der Waals surface area contributed by atoms with E-state index in [1.807, 2.05) is 0 Å². The lowest BCUT2D eigenvalue weighted by Gasteiger charge is -2.29. The fraction of sp³-hybridized carbons (Fsp3) is 0.417. The summed E-state index contributed by atoms with van der Waals surface area (Å²) in [4.78, 5) is 24.9. The van der Waals surface area contributed by atoms with E-state index >= 15 is 0 Å². The fourth-order valence-electron chi connectivity index (χ4n) is 2.31. The molecule has 1 saturated heterocycles. The maximum absolute atomic E-state index is 13.3. The van der Waals surface area contributed by atoms with Gasteiger partial charge in [0.05, 0.1) is 24.0 Å². The molecule has 0 aliphatic carbocycles. The highest BCUT2D eigenvalue weighted by atomic mass is 19.1. The zero-order valence-electron chi connectivity index (χ0n) is 9.77. The van der Waals surface area contributed by atoms with Crippen LogP contribution in [0.5, 0.6) is 0 Å². The van der Waals surface area contributed by atoms with Crippen LogP contribution in [0.1, 0.15) is 23.2 Å². The molecule has 3 heterocycles. The van der Waals surface area contributed by atoms with Crippen molar-refractivity contribution in [2.45, 2.75) is 19.0 Å². The molecule has 0 spiro atoms. The number of H-pyrrole nitrogens is 1. The highest BCUT2D eigenvalue weighted by Crippen LogP contribution is 2.19. The molecule has 3 rings (SSSR count). The number of imidazole rings is 1. The summed E-state index contributed by atoms with van der Waals surface area (Å²) >= 11 is 0. The van der Waals surface area contributed by atoms with Crippen molar-refractivity contribution >= 4 is 17.1 Å². The maximum atomic E-state index is 13.3. The number of pyridine rings is 1. The first-order chi connectivity index (χ1) is 8.75. The average molecular weight is 248 g/mol. The van der Waals surface area contributed by atoms with Gasteiger partial charge in [0.25, 0.3) is 5.91 Å². The van der Waals surface area contributed by atoms with Gasteiger partial charge in [-0.3, -0.25) is 4.79 Å². The first-order valence-corrected chi connectivity index (χ1v) is 5.97. The Labute approximate surface area is 103 Å². The number of hydrogen-bond acceptors (Lipinski definition) is 3. The Morgan fingerprint density at radius 1 is 1.50 bits per heavy atom. The molecule has 1 aliphatic heterocycles. The van der Waals surface area contributed by atoms with Gasteiger partial charge in [-0.25, -0.2) is 14.4 Å². The van der Waals surface area contributed by atoms with Gasteiger partial charge in [0.1, 0.15) is 6.17 Å². The summed E-state index contributed by atoms with van der Waals surface area (Å²) in [5, 5.41) is 0. The molecule has 1 N–H and O–H groups in total. The monoisotopic (exact) mass is 248 g/mol. The Kier molecular flexibility index (Phi) is 2.70. The second-order valence-electron chi connectivity index (χ2n) is 4.45. The minimum absolute atomic E-state index is 0.158. The van der Waals surface area contributed by atoms with Crippen molar-refractivity contribution in [1.82, 2.24) is 19.9 Å². The number of hydrogen-bond donors (Lipinski definition) is 1. The van der Waals surface area contributed by atoms with Crippen LogP contribution in [-0.4, -0.2) is 45.0 Å². The number of halogens is 1. The summed E-state index contributed by atoms with van der Waals surface area (Å²) in [6.07, 6.45) is 3.39. The number of nitrogens with zero attached hydrogens (tertiary/aromatic N) is 3. The molecule has 0 unspecified atom stereocenters. The molecule has 1 fully saturated rings. The van der Waals surface area contributed by atoms with Crippen LogP contribution >= 0.6 is 0 Å². The van der Waals surface area contributed by atoms with Crippen molar-refractivity contribution in [1.29, 1.82) is 0 Å². The molecular weight excluding hydrogens is 235 g/mol. The van der Waals surface area contributed by atoms with Gasteiger partial charge in [0, 0.05) is 12.7 Å². The number of aromatic amines is 1. The number of carbonyl (C=O) groups excluding carboxylic acids is 1. The van der Waals surface area contributed by atoms with E-state index in [4.69, 9.17) is 0 Å². The van der Waals surface area contributed by atoms with Crippen LogP contribution in [0.3, 0.4) is 0 Å². The van der Waals surface area contributed by atoms with E-state index in [-0.39, 0.29) is 12.5 Å². The topological polar surface area (TPSA) is 61.9 Å². The van der Waals surface area contributed by atoms with Crippen molar-refractivity contribution < 1.29 is 9.18 Å². The zero-order chi connectivity index (χ0) is 12.5. The minimum Gasteiger partial charge on any atom is -0.343 e. The van der Waals surface area contributed by atoms with Gasteiger partial charge in [-0.15, -0.1) is 0 Å². The van der Waals surface area contributed by atoms with Crippen LogP contribution in [0.4, 0.5) is 4.39 Å². The van der Waals surface area contributed by atoms with E-state index in [9.17, 15) is 9.18 Å². The van der Waals surface area contributed by atoms with Crippen LogP contribution in [0.2, 0.25) is 0 Å². The zero-order valence-corrected chi connectivity index (χ0v) is 9.77. The standard InChI is InChI=1S/C12H13FN4O/c13-8-2-1-5-17(6-8)12(18)9-3-4-14-11-10(9)15-7-16-11/h3-4,7-8H,1-2,5-6H2,(H,14,15,16)/t8-/m1/s1. The molecule has 2 aromatic rings. The largest absolute Gasteiger partial charge is 0.343 e. The molecule has 5 nitrogen and oxygen atoms in total. The van der Waals surface area contributed by atoms with Crippen molar-refractivity contribution in [2.24, 2.45) is 0 Å². The van der Waals surface area contributed by atoms with E-state index < -0.39 is 6.17 Å². The van der Waals surface area contributed by atoms with Gasteiger partial charge < -0.3 is 9.88 Å². The minimum atomic E-state index is -0.915. The highest BCUT2D eigenvalue weighted by Gasteiger charge is 2.25. The average Bonchev–Trinajstić information content (AvgIpc) is 2.86. The third-order valence-electron chi connectivity index (χ3n) is 3.21. The Balaban J connectivity index is 1.94. The summed E-state index contributed by atoms with van der Waals surface area (Å²) in [5.41, 5.74) is 1.63. The Morgan fingerprint density at radius 2 is 2.39 bits per heavy atom. The number of aromatic nitrogens is 3. The normalized spacial score (nSPS) is 20.3. The molecule has 0 bridgehead atoms. The van der Waals surface area contributed by atoms with Crippen molar-refractivity contribution in [3.8, 4) is 0 Å². The summed E-state index contributed by atoms with van der Waals surface area (Å²) in [7, 11) is 0. The van der Waals surface area contributed by atoms with Gasteiger partial charge in [-0.2, -0.15) is 0 Å². The molecule has 1 amide bonds. The van der Waals surface area contributed by atoms with E-state index in [2.05, 4.69) is 15.0 Å². The Hall–Kier alpha value is -1.98. The van der Waals surface area contributed by atoms with E-state index in [1.54, 1.807) is 17.2 Å². The third kappa shape index (κ3) is 1.83. The van der Waals surface area contributed by atoms with Crippen molar-refractivity contribution in [2.75, 3.05) is 13.1 Å². The number of rotatable bonds is 1. The summed E-state index contributed by atoms with van der Waals surface area (Å²) in [6, 6.07) is 1.64. The number of amides is 1. The lowest BCUT2D eigenvalue weighted by Crippen LogP contribution is -2.40. The van der Waals surface area contributed by atoms with E-state index in [0.29, 0.717) is 36.1 Å². The molecule has 0 aromatic carbocycles. The SMILES string of the molecule is O=C(c1ccnc2nc[nH]c12)N1CCC[C@@H](F)C1. The third-order valence-corrected chi connectivity index (χ3v) is 3.21. The number of carbonyl (C=O) groups is 1. The molecular formula is C12H13FN4O. The van der Waals surface area contributed by atoms with E-state index in [1.165, 1.54) is 6.33 Å². The quantitative estimate of drug-likeness (QED) is 0.832. The predicted molar refractivity (Wildman–Crippen MR) is 63.9 cm³/mol. The van der Waals surface area contributed by atoms with Crippen LogP contribution in [0, 0.1) is 0 Å². The molecule has 0 saturated carbocycles. The van der Waals surface area contributed by atoms with Gasteiger partial charge >= 0.3 is 0 Å². The lowest BCUT2D eigenvalue weighted by molar-refractivity contribution is 0.0638. The van der Waals surface area contributed by atoms with Gasteiger partial charge in [0.2, 0.25) is 0 Å². The number of alkyl halides is 1. The number of fused-ring (bicyclic) bond motifs is 1. The molecule has 6 heteroatoms. The molecule has 94 valence electrons. The van der Waals surface area contributed by atoms with Gasteiger partial charge in [-0.1, -0.05) is 0 Å². The summed E-state index contributed by atoms with van der Waals surface area (Å²) in [5.74, 6) is -0.158. The molecule has 18 heavy (non-hydrogen) atoms. The molecule has 1 atom stereocenters. The molecule has 2 aromatic heterocycles. The Bertz CT molecular complexity index is 582. The first kappa shape index (κ1) is 11.1. The van der Waals surface area contributed by atoms with Crippen LogP contribution in [-0.2, 0) is 0 Å². The van der Waals surface area contributed by atoms with E-state index in [0.717, 1.165) is 0 Å². The summed E-state index contributed by atoms with van der Waals surface area (Å²) in [6.45, 7) is 0.786. The van der Waals surface area contributed by atoms with Crippen molar-refractivity contribution in [3.63, 3.8) is 0 Å². The lowest BCUT2D eigenvalue weighted by atomic mass is 10.1. The number of likely N-dealkylation sites (tertiary alicyclic amines) is 1.